The highest BCUT2D eigenvalue weighted by molar-refractivity contribution is 4.82. The number of rotatable bonds is 3. The van der Waals surface area contributed by atoms with Gasteiger partial charge in [-0.1, -0.05) is 20.3 Å². The number of hydrogen-bond acceptors (Lipinski definition) is 2. The highest BCUT2D eigenvalue weighted by Crippen LogP contribution is 2.28. The molecule has 2 aliphatic rings. The SMILES string of the molecule is CC(C)C1CCN(CC2CCCC(N)C2)C1. The quantitative estimate of drug-likeness (QED) is 0.798. The molecule has 3 atom stereocenters. The molecule has 16 heavy (non-hydrogen) atoms. The van der Waals surface area contributed by atoms with Crippen LogP contribution in [0.3, 0.4) is 0 Å². The van der Waals surface area contributed by atoms with E-state index >= 15 is 0 Å². The molecule has 1 aliphatic carbocycles. The molecular weight excluding hydrogens is 196 g/mol. The molecule has 3 unspecified atom stereocenters. The van der Waals surface area contributed by atoms with Crippen LogP contribution in [0.15, 0.2) is 0 Å². The average molecular weight is 224 g/mol. The van der Waals surface area contributed by atoms with Gasteiger partial charge in [0, 0.05) is 19.1 Å². The van der Waals surface area contributed by atoms with E-state index in [0.29, 0.717) is 6.04 Å². The van der Waals surface area contributed by atoms with Crippen LogP contribution < -0.4 is 5.73 Å². The van der Waals surface area contributed by atoms with Crippen molar-refractivity contribution in [2.45, 2.75) is 52.0 Å². The maximum absolute atomic E-state index is 6.06. The molecule has 0 bridgehead atoms. The lowest BCUT2D eigenvalue weighted by Gasteiger charge is -2.30. The molecule has 0 amide bonds. The summed E-state index contributed by atoms with van der Waals surface area (Å²) in [5, 5.41) is 0. The smallest absolute Gasteiger partial charge is 0.00419 e. The second-order valence-electron chi connectivity index (χ2n) is 6.35. The van der Waals surface area contributed by atoms with E-state index in [1.165, 1.54) is 51.7 Å². The van der Waals surface area contributed by atoms with E-state index in [0.717, 1.165) is 17.8 Å². The number of nitrogens with two attached hydrogens (primary N) is 1. The third kappa shape index (κ3) is 3.21. The minimum Gasteiger partial charge on any atom is -0.328 e. The number of hydrogen-bond donors (Lipinski definition) is 1. The molecule has 94 valence electrons. The first kappa shape index (κ1) is 12.4. The monoisotopic (exact) mass is 224 g/mol. The van der Waals surface area contributed by atoms with Crippen LogP contribution in [0, 0.1) is 17.8 Å². The van der Waals surface area contributed by atoms with Gasteiger partial charge in [-0.25, -0.2) is 0 Å². The minimum absolute atomic E-state index is 0.488. The molecule has 1 saturated heterocycles. The lowest BCUT2D eigenvalue weighted by Crippen LogP contribution is -2.35. The molecule has 2 heteroatoms. The van der Waals surface area contributed by atoms with Gasteiger partial charge >= 0.3 is 0 Å². The Morgan fingerprint density at radius 2 is 2.06 bits per heavy atom. The van der Waals surface area contributed by atoms with E-state index in [1.807, 2.05) is 0 Å². The third-order valence-electron chi connectivity index (χ3n) is 4.59. The largest absolute Gasteiger partial charge is 0.328 e. The summed E-state index contributed by atoms with van der Waals surface area (Å²) in [6.45, 7) is 8.71. The molecule has 0 aromatic rings. The molecule has 2 rings (SSSR count). The topological polar surface area (TPSA) is 29.3 Å². The molecule has 1 saturated carbocycles. The van der Waals surface area contributed by atoms with E-state index in [1.54, 1.807) is 0 Å². The highest BCUT2D eigenvalue weighted by atomic mass is 15.1. The normalized spacial score (nSPS) is 37.1. The fraction of sp³-hybridized carbons (Fsp3) is 1.00. The maximum atomic E-state index is 6.06. The van der Waals surface area contributed by atoms with Gasteiger partial charge in [0.1, 0.15) is 0 Å². The van der Waals surface area contributed by atoms with Crippen molar-refractivity contribution < 1.29 is 0 Å². The van der Waals surface area contributed by atoms with Crippen LogP contribution in [0.4, 0.5) is 0 Å². The summed E-state index contributed by atoms with van der Waals surface area (Å²) in [6, 6.07) is 0.488. The van der Waals surface area contributed by atoms with Crippen LogP contribution >= 0.6 is 0 Å². The minimum atomic E-state index is 0.488. The van der Waals surface area contributed by atoms with E-state index < -0.39 is 0 Å². The van der Waals surface area contributed by atoms with Crippen LogP contribution in [0.25, 0.3) is 0 Å². The summed E-state index contributed by atoms with van der Waals surface area (Å²) in [5.74, 6) is 2.69. The van der Waals surface area contributed by atoms with Crippen molar-refractivity contribution in [2.24, 2.45) is 23.5 Å². The molecule has 1 aliphatic heterocycles. The van der Waals surface area contributed by atoms with Gasteiger partial charge in [-0.3, -0.25) is 0 Å². The van der Waals surface area contributed by atoms with E-state index in [9.17, 15) is 0 Å². The molecule has 0 spiro atoms. The number of nitrogens with zero attached hydrogens (tertiary/aromatic N) is 1. The van der Waals surface area contributed by atoms with Gasteiger partial charge in [0.2, 0.25) is 0 Å². The first-order chi connectivity index (χ1) is 7.65. The van der Waals surface area contributed by atoms with Crippen molar-refractivity contribution in [1.29, 1.82) is 0 Å². The molecule has 0 radical (unpaired) electrons. The Morgan fingerprint density at radius 3 is 2.69 bits per heavy atom. The second-order valence-corrected chi connectivity index (χ2v) is 6.35. The fourth-order valence-electron chi connectivity index (χ4n) is 3.44. The van der Waals surface area contributed by atoms with E-state index in [4.69, 9.17) is 5.73 Å². The Balaban J connectivity index is 1.74. The molecule has 0 aromatic carbocycles. The predicted molar refractivity (Wildman–Crippen MR) is 69.3 cm³/mol. The van der Waals surface area contributed by atoms with Gasteiger partial charge in [-0.05, 0) is 50.0 Å². The maximum Gasteiger partial charge on any atom is 0.00419 e. The van der Waals surface area contributed by atoms with Crippen molar-refractivity contribution in [3.05, 3.63) is 0 Å². The third-order valence-corrected chi connectivity index (χ3v) is 4.59. The second kappa shape index (κ2) is 5.50. The van der Waals surface area contributed by atoms with Crippen LogP contribution in [0.1, 0.15) is 46.0 Å². The molecule has 2 nitrogen and oxygen atoms in total. The van der Waals surface area contributed by atoms with Crippen molar-refractivity contribution >= 4 is 0 Å². The standard InChI is InChI=1S/C14H28N2/c1-11(2)13-6-7-16(10-13)9-12-4-3-5-14(15)8-12/h11-14H,3-10,15H2,1-2H3. The zero-order valence-corrected chi connectivity index (χ0v) is 11.0. The van der Waals surface area contributed by atoms with Gasteiger partial charge in [0.15, 0.2) is 0 Å². The fourth-order valence-corrected chi connectivity index (χ4v) is 3.44. The van der Waals surface area contributed by atoms with Crippen molar-refractivity contribution in [3.63, 3.8) is 0 Å². The Hall–Kier alpha value is -0.0800. The zero-order valence-electron chi connectivity index (χ0n) is 11.0. The van der Waals surface area contributed by atoms with E-state index in [-0.39, 0.29) is 0 Å². The predicted octanol–water partition coefficient (Wildman–Crippen LogP) is 2.48. The number of likely N-dealkylation sites (tertiary alicyclic amines) is 1. The van der Waals surface area contributed by atoms with Crippen LogP contribution in [-0.2, 0) is 0 Å². The Morgan fingerprint density at radius 1 is 1.25 bits per heavy atom. The molecular formula is C14H28N2. The van der Waals surface area contributed by atoms with Gasteiger partial charge < -0.3 is 10.6 Å². The van der Waals surface area contributed by atoms with Gasteiger partial charge in [0.05, 0.1) is 0 Å². The molecule has 2 N–H and O–H groups in total. The first-order valence-corrected chi connectivity index (χ1v) is 7.13. The van der Waals surface area contributed by atoms with Crippen LogP contribution in [0.5, 0.6) is 0 Å². The van der Waals surface area contributed by atoms with Crippen molar-refractivity contribution in [2.75, 3.05) is 19.6 Å². The lowest BCUT2D eigenvalue weighted by molar-refractivity contribution is 0.212. The van der Waals surface area contributed by atoms with Crippen LogP contribution in [-0.4, -0.2) is 30.6 Å². The van der Waals surface area contributed by atoms with Crippen molar-refractivity contribution in [1.82, 2.24) is 4.90 Å². The Bertz CT molecular complexity index is 215. The van der Waals surface area contributed by atoms with Gasteiger partial charge in [-0.15, -0.1) is 0 Å². The first-order valence-electron chi connectivity index (χ1n) is 7.13. The summed E-state index contributed by atoms with van der Waals surface area (Å²) in [5.41, 5.74) is 6.06. The van der Waals surface area contributed by atoms with Gasteiger partial charge in [0.25, 0.3) is 0 Å². The summed E-state index contributed by atoms with van der Waals surface area (Å²) >= 11 is 0. The summed E-state index contributed by atoms with van der Waals surface area (Å²) < 4.78 is 0. The molecule has 2 fully saturated rings. The lowest BCUT2D eigenvalue weighted by atomic mass is 9.86. The van der Waals surface area contributed by atoms with Crippen LogP contribution in [0.2, 0.25) is 0 Å². The summed E-state index contributed by atoms with van der Waals surface area (Å²) in [6.07, 6.45) is 6.70. The molecule has 1 heterocycles. The average Bonchev–Trinajstić information content (AvgIpc) is 2.66. The Kier molecular flexibility index (Phi) is 4.26. The highest BCUT2D eigenvalue weighted by Gasteiger charge is 2.28. The molecule has 0 aromatic heterocycles. The summed E-state index contributed by atoms with van der Waals surface area (Å²) in [4.78, 5) is 2.69. The Labute approximate surface area is 101 Å². The van der Waals surface area contributed by atoms with Gasteiger partial charge in [-0.2, -0.15) is 0 Å². The zero-order chi connectivity index (χ0) is 11.5. The van der Waals surface area contributed by atoms with Crippen molar-refractivity contribution in [3.8, 4) is 0 Å². The summed E-state index contributed by atoms with van der Waals surface area (Å²) in [7, 11) is 0. The van der Waals surface area contributed by atoms with E-state index in [2.05, 4.69) is 18.7 Å².